The third-order valence-corrected chi connectivity index (χ3v) is 5.10. The van der Waals surface area contributed by atoms with E-state index in [2.05, 4.69) is 25.2 Å². The number of morpholine rings is 1. The number of nitrogens with one attached hydrogen (secondary N) is 1. The predicted molar refractivity (Wildman–Crippen MR) is 118 cm³/mol. The van der Waals surface area contributed by atoms with Crippen molar-refractivity contribution in [3.8, 4) is 11.4 Å². The molecule has 1 aromatic carbocycles. The summed E-state index contributed by atoms with van der Waals surface area (Å²) in [5.74, 6) is 1.86. The molecule has 31 heavy (non-hydrogen) atoms. The second-order valence-corrected chi connectivity index (χ2v) is 8.03. The van der Waals surface area contributed by atoms with Crippen molar-refractivity contribution in [2.45, 2.75) is 26.4 Å². The minimum absolute atomic E-state index is 0.411. The van der Waals surface area contributed by atoms with E-state index in [1.165, 1.54) is 0 Å². The minimum atomic E-state index is -1.10. The van der Waals surface area contributed by atoms with Crippen LogP contribution in [0.4, 0.5) is 17.5 Å². The van der Waals surface area contributed by atoms with Gasteiger partial charge in [-0.1, -0.05) is 0 Å². The molecule has 3 aromatic rings. The fourth-order valence-corrected chi connectivity index (χ4v) is 3.41. The van der Waals surface area contributed by atoms with Crippen molar-refractivity contribution >= 4 is 17.5 Å². The maximum Gasteiger partial charge on any atom is 0.229 e. The average Bonchev–Trinajstić information content (AvgIpc) is 3.19. The van der Waals surface area contributed by atoms with Crippen LogP contribution in [-0.4, -0.2) is 58.0 Å². The monoisotopic (exact) mass is 424 g/mol. The molecule has 2 aromatic heterocycles. The number of ether oxygens (including phenoxy) is 2. The summed E-state index contributed by atoms with van der Waals surface area (Å²) < 4.78 is 13.0. The highest BCUT2D eigenvalue weighted by Crippen LogP contribution is 2.30. The van der Waals surface area contributed by atoms with Gasteiger partial charge in [0.1, 0.15) is 17.2 Å². The Morgan fingerprint density at radius 3 is 2.58 bits per heavy atom. The molecule has 4 rings (SSSR count). The molecule has 1 aliphatic rings. The Balaban J connectivity index is 1.66. The number of anilines is 3. The Labute approximate surface area is 181 Å². The molecule has 0 atom stereocenters. The molecule has 1 aliphatic heterocycles. The number of aliphatic hydroxyl groups is 1. The minimum Gasteiger partial charge on any atom is -0.494 e. The number of hydrogen-bond donors (Lipinski definition) is 2. The molecule has 0 unspecified atom stereocenters. The van der Waals surface area contributed by atoms with Gasteiger partial charge >= 0.3 is 0 Å². The van der Waals surface area contributed by atoms with Gasteiger partial charge in [-0.2, -0.15) is 4.98 Å². The van der Waals surface area contributed by atoms with Crippen molar-refractivity contribution in [3.05, 3.63) is 48.2 Å². The third-order valence-electron chi connectivity index (χ3n) is 5.10. The Morgan fingerprint density at radius 2 is 1.94 bits per heavy atom. The smallest absolute Gasteiger partial charge is 0.229 e. The van der Waals surface area contributed by atoms with Crippen LogP contribution < -0.4 is 15.0 Å². The van der Waals surface area contributed by atoms with E-state index in [9.17, 15) is 5.11 Å². The Kier molecular flexibility index (Phi) is 5.79. The van der Waals surface area contributed by atoms with Crippen LogP contribution in [0.1, 0.15) is 25.2 Å². The van der Waals surface area contributed by atoms with Crippen molar-refractivity contribution in [3.63, 3.8) is 0 Å². The van der Waals surface area contributed by atoms with Gasteiger partial charge in [0.2, 0.25) is 5.95 Å². The summed E-state index contributed by atoms with van der Waals surface area (Å²) in [6.07, 6.45) is 3.69. The van der Waals surface area contributed by atoms with Gasteiger partial charge < -0.3 is 29.4 Å². The van der Waals surface area contributed by atoms with E-state index in [1.807, 2.05) is 42.0 Å². The number of nitrogens with zero attached hydrogens (tertiary/aromatic N) is 5. The molecule has 1 saturated heterocycles. The summed E-state index contributed by atoms with van der Waals surface area (Å²) in [5.41, 5.74) is 2.04. The first-order valence-corrected chi connectivity index (χ1v) is 10.2. The summed E-state index contributed by atoms with van der Waals surface area (Å²) in [6.45, 7) is 8.16. The number of methoxy groups -OCH3 is 1. The van der Waals surface area contributed by atoms with E-state index < -0.39 is 5.60 Å². The van der Waals surface area contributed by atoms with Crippen molar-refractivity contribution in [2.24, 2.45) is 0 Å². The molecule has 9 nitrogen and oxygen atoms in total. The van der Waals surface area contributed by atoms with E-state index in [0.29, 0.717) is 30.6 Å². The van der Waals surface area contributed by atoms with Crippen LogP contribution in [0.5, 0.6) is 5.75 Å². The second-order valence-electron chi connectivity index (χ2n) is 8.03. The highest BCUT2D eigenvalue weighted by molar-refractivity contribution is 5.63. The molecule has 3 heterocycles. The summed E-state index contributed by atoms with van der Waals surface area (Å²) in [4.78, 5) is 15.6. The van der Waals surface area contributed by atoms with Crippen molar-refractivity contribution in [1.82, 2.24) is 19.5 Å². The summed E-state index contributed by atoms with van der Waals surface area (Å²) >= 11 is 0. The van der Waals surface area contributed by atoms with E-state index in [4.69, 9.17) is 9.47 Å². The van der Waals surface area contributed by atoms with Gasteiger partial charge in [-0.15, -0.1) is 0 Å². The van der Waals surface area contributed by atoms with E-state index in [0.717, 1.165) is 36.0 Å². The summed E-state index contributed by atoms with van der Waals surface area (Å²) in [7, 11) is 1.63. The van der Waals surface area contributed by atoms with Gasteiger partial charge in [-0.25, -0.2) is 9.97 Å². The molecule has 0 amide bonds. The largest absolute Gasteiger partial charge is 0.494 e. The Morgan fingerprint density at radius 1 is 1.16 bits per heavy atom. The van der Waals surface area contributed by atoms with E-state index in [-0.39, 0.29) is 0 Å². The van der Waals surface area contributed by atoms with E-state index in [1.54, 1.807) is 27.3 Å². The van der Waals surface area contributed by atoms with Crippen molar-refractivity contribution in [2.75, 3.05) is 43.6 Å². The zero-order valence-corrected chi connectivity index (χ0v) is 18.3. The van der Waals surface area contributed by atoms with Gasteiger partial charge in [0.25, 0.3) is 0 Å². The Bertz CT molecular complexity index is 1050. The fourth-order valence-electron chi connectivity index (χ4n) is 3.41. The number of benzene rings is 1. The SMILES string of the molecule is COc1cc(Nc2nc(N3CCOCC3)cc(C(C)(C)O)n2)ccc1-n1cnc(C)c1. The molecule has 0 saturated carbocycles. The molecule has 0 radical (unpaired) electrons. The Hall–Kier alpha value is -3.17. The number of imidazole rings is 1. The summed E-state index contributed by atoms with van der Waals surface area (Å²) in [5, 5.41) is 13.8. The lowest BCUT2D eigenvalue weighted by Gasteiger charge is -2.29. The van der Waals surface area contributed by atoms with Crippen LogP contribution >= 0.6 is 0 Å². The van der Waals surface area contributed by atoms with Crippen molar-refractivity contribution in [1.29, 1.82) is 0 Å². The van der Waals surface area contributed by atoms with Gasteiger partial charge in [0.05, 0.1) is 43.7 Å². The number of hydrogen-bond acceptors (Lipinski definition) is 8. The molecule has 164 valence electrons. The maximum atomic E-state index is 10.6. The normalized spacial score (nSPS) is 14.5. The number of aryl methyl sites for hydroxylation is 1. The zero-order chi connectivity index (χ0) is 22.0. The number of rotatable bonds is 6. The molecule has 2 N–H and O–H groups in total. The summed E-state index contributed by atoms with van der Waals surface area (Å²) in [6, 6.07) is 7.60. The standard InChI is InChI=1S/C22H28N6O3/c1-15-13-28(14-23-15)17-6-5-16(11-18(17)30-4)24-21-25-19(22(2,3)29)12-20(26-21)27-7-9-31-10-8-27/h5-6,11-14,29H,7-10H2,1-4H3,(H,24,25,26). The predicted octanol–water partition coefficient (Wildman–Crippen LogP) is 2.79. The first kappa shape index (κ1) is 21.1. The van der Waals surface area contributed by atoms with Crippen molar-refractivity contribution < 1.29 is 14.6 Å². The van der Waals surface area contributed by atoms with E-state index >= 15 is 0 Å². The molecule has 0 spiro atoms. The lowest BCUT2D eigenvalue weighted by molar-refractivity contribution is 0.0738. The number of aromatic nitrogens is 4. The van der Waals surface area contributed by atoms with Gasteiger partial charge in [0.15, 0.2) is 0 Å². The van der Waals surface area contributed by atoms with Crippen LogP contribution in [0.15, 0.2) is 36.8 Å². The quantitative estimate of drug-likeness (QED) is 0.623. The van der Waals surface area contributed by atoms with Crippen LogP contribution in [-0.2, 0) is 10.3 Å². The van der Waals surface area contributed by atoms with Crippen LogP contribution in [0, 0.1) is 6.92 Å². The van der Waals surface area contributed by atoms with Gasteiger partial charge in [-0.3, -0.25) is 0 Å². The zero-order valence-electron chi connectivity index (χ0n) is 18.3. The average molecular weight is 425 g/mol. The third kappa shape index (κ3) is 4.78. The first-order chi connectivity index (χ1) is 14.8. The lowest BCUT2D eigenvalue weighted by atomic mass is 10.1. The topological polar surface area (TPSA) is 97.6 Å². The van der Waals surface area contributed by atoms with Gasteiger partial charge in [-0.05, 0) is 32.9 Å². The molecular formula is C22H28N6O3. The molecular weight excluding hydrogens is 396 g/mol. The molecule has 1 fully saturated rings. The lowest BCUT2D eigenvalue weighted by Crippen LogP contribution is -2.37. The highest BCUT2D eigenvalue weighted by atomic mass is 16.5. The van der Waals surface area contributed by atoms with Crippen LogP contribution in [0.3, 0.4) is 0 Å². The highest BCUT2D eigenvalue weighted by Gasteiger charge is 2.23. The fraction of sp³-hybridized carbons (Fsp3) is 0.409. The van der Waals surface area contributed by atoms with Gasteiger partial charge in [0, 0.05) is 37.1 Å². The molecule has 0 aliphatic carbocycles. The molecule has 0 bridgehead atoms. The van der Waals surface area contributed by atoms with Crippen LogP contribution in [0.2, 0.25) is 0 Å². The molecule has 9 heteroatoms. The second kappa shape index (κ2) is 8.52. The maximum absolute atomic E-state index is 10.6. The first-order valence-electron chi connectivity index (χ1n) is 10.2. The van der Waals surface area contributed by atoms with Crippen LogP contribution in [0.25, 0.3) is 5.69 Å².